The smallest absolute Gasteiger partial charge is 0.282 e. The molecule has 98 valence electrons. The molecule has 0 radical (unpaired) electrons. The second kappa shape index (κ2) is 3.99. The molecule has 0 saturated heterocycles. The second-order valence-electron chi connectivity index (χ2n) is 4.30. The van der Waals surface area contributed by atoms with Crippen LogP contribution in [0.4, 0.5) is 5.69 Å². The van der Waals surface area contributed by atoms with Gasteiger partial charge in [0, 0.05) is 12.6 Å². The van der Waals surface area contributed by atoms with Crippen LogP contribution in [0.2, 0.25) is 0 Å². The standard InChI is InChI=1S/C12H13N5OS/c1-17-8-6-4-3-5-7(8)12(9(17)18)15-10(13)14-11(16-12)19-2/h3-6H,1-2H3,(H3,13,14,15,16)/t12-/m0/s1. The van der Waals surface area contributed by atoms with Crippen LogP contribution in [0.5, 0.6) is 0 Å². The van der Waals surface area contributed by atoms with E-state index >= 15 is 0 Å². The Morgan fingerprint density at radius 3 is 2.84 bits per heavy atom. The number of carbonyl (C=O) groups excluding carboxylic acids is 1. The number of aliphatic imine (C=N–C) groups is 2. The third-order valence-electron chi connectivity index (χ3n) is 3.22. The van der Waals surface area contributed by atoms with Gasteiger partial charge in [-0.25, -0.2) is 9.98 Å². The summed E-state index contributed by atoms with van der Waals surface area (Å²) in [7, 11) is 1.72. The molecular formula is C12H13N5OS. The fraction of sp³-hybridized carbons (Fsp3) is 0.250. The number of fused-ring (bicyclic) bond motifs is 2. The molecule has 3 rings (SSSR count). The number of guanidine groups is 1. The van der Waals surface area contributed by atoms with Gasteiger partial charge < -0.3 is 16.0 Å². The Labute approximate surface area is 114 Å². The molecule has 1 spiro atoms. The number of nitrogens with two attached hydrogens (primary N) is 1. The van der Waals surface area contributed by atoms with E-state index in [0.717, 1.165) is 11.3 Å². The fourth-order valence-corrected chi connectivity index (χ4v) is 2.77. The molecule has 0 saturated carbocycles. The summed E-state index contributed by atoms with van der Waals surface area (Å²) in [5.74, 6) is 0.0162. The molecule has 2 heterocycles. The van der Waals surface area contributed by atoms with Gasteiger partial charge >= 0.3 is 0 Å². The summed E-state index contributed by atoms with van der Waals surface area (Å²) >= 11 is 1.40. The molecule has 3 N–H and O–H groups in total. The maximum Gasteiger partial charge on any atom is 0.282 e. The van der Waals surface area contributed by atoms with E-state index in [1.54, 1.807) is 11.9 Å². The zero-order valence-corrected chi connectivity index (χ0v) is 11.4. The molecule has 2 aliphatic heterocycles. The lowest BCUT2D eigenvalue weighted by molar-refractivity contribution is -0.122. The molecule has 0 unspecified atom stereocenters. The predicted octanol–water partition coefficient (Wildman–Crippen LogP) is 0.453. The van der Waals surface area contributed by atoms with Gasteiger partial charge in [-0.15, -0.1) is 0 Å². The van der Waals surface area contributed by atoms with E-state index in [2.05, 4.69) is 15.3 Å². The van der Waals surface area contributed by atoms with Crippen LogP contribution in [0.15, 0.2) is 34.3 Å². The second-order valence-corrected chi connectivity index (χ2v) is 5.09. The molecule has 1 aromatic rings. The Hall–Kier alpha value is -2.02. The highest BCUT2D eigenvalue weighted by Gasteiger charge is 2.51. The van der Waals surface area contributed by atoms with E-state index in [1.165, 1.54) is 11.8 Å². The van der Waals surface area contributed by atoms with Crippen LogP contribution in [0.1, 0.15) is 5.56 Å². The number of nitrogens with one attached hydrogen (secondary N) is 1. The number of likely N-dealkylation sites (N-methyl/N-ethyl adjacent to an activating group) is 1. The van der Waals surface area contributed by atoms with Crippen LogP contribution in [-0.4, -0.2) is 30.3 Å². The lowest BCUT2D eigenvalue weighted by Crippen LogP contribution is -2.47. The summed E-state index contributed by atoms with van der Waals surface area (Å²) in [5, 5.41) is 3.44. The van der Waals surface area contributed by atoms with E-state index in [-0.39, 0.29) is 11.9 Å². The fourth-order valence-electron chi connectivity index (χ4n) is 2.34. The van der Waals surface area contributed by atoms with Crippen molar-refractivity contribution >= 4 is 34.5 Å². The van der Waals surface area contributed by atoms with Crippen LogP contribution >= 0.6 is 11.8 Å². The number of thioether (sulfide) groups is 1. The van der Waals surface area contributed by atoms with Crippen molar-refractivity contribution in [2.45, 2.75) is 5.66 Å². The number of carbonyl (C=O) groups is 1. The van der Waals surface area contributed by atoms with Crippen LogP contribution in [0, 0.1) is 0 Å². The topological polar surface area (TPSA) is 83.1 Å². The molecule has 6 nitrogen and oxygen atoms in total. The molecule has 0 aromatic heterocycles. The summed E-state index contributed by atoms with van der Waals surface area (Å²) < 4.78 is 0. The Morgan fingerprint density at radius 2 is 2.11 bits per heavy atom. The van der Waals surface area contributed by atoms with E-state index in [0.29, 0.717) is 5.17 Å². The number of amides is 1. The highest BCUT2D eigenvalue weighted by molar-refractivity contribution is 8.13. The monoisotopic (exact) mass is 275 g/mol. The lowest BCUT2D eigenvalue weighted by Gasteiger charge is -2.25. The maximum atomic E-state index is 12.6. The number of hydrogen-bond donors (Lipinski definition) is 2. The van der Waals surface area contributed by atoms with Gasteiger partial charge in [-0.2, -0.15) is 0 Å². The largest absolute Gasteiger partial charge is 0.370 e. The van der Waals surface area contributed by atoms with E-state index in [4.69, 9.17) is 5.73 Å². The number of benzene rings is 1. The average molecular weight is 275 g/mol. The molecule has 1 atom stereocenters. The Balaban J connectivity index is 2.27. The highest BCUT2D eigenvalue weighted by Crippen LogP contribution is 2.44. The normalized spacial score (nSPS) is 24.9. The zero-order valence-electron chi connectivity index (χ0n) is 10.5. The van der Waals surface area contributed by atoms with Crippen LogP contribution in [-0.2, 0) is 10.5 Å². The van der Waals surface area contributed by atoms with Crippen molar-refractivity contribution in [1.29, 1.82) is 0 Å². The van der Waals surface area contributed by atoms with Crippen LogP contribution in [0.3, 0.4) is 0 Å². The van der Waals surface area contributed by atoms with Crippen molar-refractivity contribution in [1.82, 2.24) is 5.32 Å². The van der Waals surface area contributed by atoms with Crippen molar-refractivity contribution in [3.8, 4) is 0 Å². The number of anilines is 1. The van der Waals surface area contributed by atoms with Gasteiger partial charge in [-0.1, -0.05) is 30.0 Å². The molecule has 0 bridgehead atoms. The molecule has 7 heteroatoms. The first-order chi connectivity index (χ1) is 9.08. The first-order valence-corrected chi connectivity index (χ1v) is 6.95. The Kier molecular flexibility index (Phi) is 2.53. The Bertz CT molecular complexity index is 626. The summed E-state index contributed by atoms with van der Waals surface area (Å²) in [6.45, 7) is 0. The molecular weight excluding hydrogens is 262 g/mol. The molecule has 0 aliphatic carbocycles. The summed E-state index contributed by atoms with van der Waals surface area (Å²) in [6.07, 6.45) is 1.87. The number of hydrogen-bond acceptors (Lipinski definition) is 6. The summed E-state index contributed by atoms with van der Waals surface area (Å²) in [6, 6.07) is 7.49. The molecule has 19 heavy (non-hydrogen) atoms. The minimum Gasteiger partial charge on any atom is -0.370 e. The van der Waals surface area contributed by atoms with Gasteiger partial charge in [0.25, 0.3) is 11.6 Å². The quantitative estimate of drug-likeness (QED) is 0.720. The van der Waals surface area contributed by atoms with Crippen molar-refractivity contribution in [3.63, 3.8) is 0 Å². The van der Waals surface area contributed by atoms with Crippen molar-refractivity contribution in [2.24, 2.45) is 15.7 Å². The Morgan fingerprint density at radius 1 is 1.37 bits per heavy atom. The van der Waals surface area contributed by atoms with Gasteiger partial charge in [0.15, 0.2) is 11.1 Å². The SMILES string of the molecule is CSC1=N[C@]2(N=C(N)N1)C(=O)N(C)c1ccccc12. The number of amidine groups is 1. The van der Waals surface area contributed by atoms with Crippen LogP contribution < -0.4 is 16.0 Å². The minimum atomic E-state index is -1.26. The van der Waals surface area contributed by atoms with Gasteiger partial charge in [0.05, 0.1) is 5.69 Å². The molecule has 1 amide bonds. The van der Waals surface area contributed by atoms with E-state index in [9.17, 15) is 4.79 Å². The zero-order chi connectivity index (χ0) is 13.6. The first kappa shape index (κ1) is 12.0. The first-order valence-electron chi connectivity index (χ1n) is 5.72. The number of nitrogens with zero attached hydrogens (tertiary/aromatic N) is 3. The van der Waals surface area contributed by atoms with E-state index < -0.39 is 5.66 Å². The van der Waals surface area contributed by atoms with Gasteiger partial charge in [-0.3, -0.25) is 4.79 Å². The summed E-state index contributed by atoms with van der Waals surface area (Å²) in [5.41, 5.74) is 6.11. The van der Waals surface area contributed by atoms with Crippen molar-refractivity contribution in [3.05, 3.63) is 29.8 Å². The third kappa shape index (κ3) is 1.54. The minimum absolute atomic E-state index is 0.190. The molecule has 0 fully saturated rings. The lowest BCUT2D eigenvalue weighted by atomic mass is 10.0. The molecule has 2 aliphatic rings. The van der Waals surface area contributed by atoms with Gasteiger partial charge in [0.1, 0.15) is 0 Å². The highest BCUT2D eigenvalue weighted by atomic mass is 32.2. The number of para-hydroxylation sites is 1. The predicted molar refractivity (Wildman–Crippen MR) is 77.2 cm³/mol. The van der Waals surface area contributed by atoms with Crippen molar-refractivity contribution < 1.29 is 4.79 Å². The maximum absolute atomic E-state index is 12.6. The molecule has 1 aromatic carbocycles. The van der Waals surface area contributed by atoms with Crippen molar-refractivity contribution in [2.75, 3.05) is 18.2 Å². The van der Waals surface area contributed by atoms with E-state index in [1.807, 2.05) is 30.5 Å². The number of rotatable bonds is 0. The third-order valence-corrected chi connectivity index (χ3v) is 3.80. The van der Waals surface area contributed by atoms with Gasteiger partial charge in [0.2, 0.25) is 0 Å². The van der Waals surface area contributed by atoms with Gasteiger partial charge in [-0.05, 0) is 12.3 Å². The summed E-state index contributed by atoms with van der Waals surface area (Å²) in [4.78, 5) is 22.9. The van der Waals surface area contributed by atoms with Crippen LogP contribution in [0.25, 0.3) is 0 Å². The average Bonchev–Trinajstić information content (AvgIpc) is 2.62.